The summed E-state index contributed by atoms with van der Waals surface area (Å²) < 4.78 is 25.4. The molecule has 0 fully saturated rings. The van der Waals surface area contributed by atoms with Crippen molar-refractivity contribution in [2.45, 2.75) is 0 Å². The predicted octanol–water partition coefficient (Wildman–Crippen LogP) is 0.570. The van der Waals surface area contributed by atoms with Crippen LogP contribution in [0.1, 0.15) is 10.4 Å². The van der Waals surface area contributed by atoms with Gasteiger partial charge in [-0.1, -0.05) is 0 Å². The minimum atomic E-state index is -3.27. The van der Waals surface area contributed by atoms with Crippen molar-refractivity contribution in [3.63, 3.8) is 0 Å². The summed E-state index contributed by atoms with van der Waals surface area (Å²) >= 11 is 2.14. The number of rotatable bonds is 5. The van der Waals surface area contributed by atoms with Gasteiger partial charge < -0.3 is 5.32 Å². The van der Waals surface area contributed by atoms with Gasteiger partial charge in [-0.3, -0.25) is 4.79 Å². The third-order valence-corrected chi connectivity index (χ3v) is 4.16. The Balaban J connectivity index is 2.48. The fourth-order valence-corrected chi connectivity index (χ4v) is 2.04. The maximum Gasteiger partial charge on any atom is 0.251 e. The van der Waals surface area contributed by atoms with E-state index >= 15 is 0 Å². The molecule has 0 bridgehead atoms. The highest BCUT2D eigenvalue weighted by molar-refractivity contribution is 14.1. The Morgan fingerprint density at radius 1 is 1.29 bits per heavy atom. The smallest absolute Gasteiger partial charge is 0.251 e. The van der Waals surface area contributed by atoms with E-state index in [1.807, 2.05) is 12.1 Å². The first-order chi connectivity index (χ1) is 7.94. The molecule has 1 rings (SSSR count). The average Bonchev–Trinajstić information content (AvgIpc) is 2.29. The summed E-state index contributed by atoms with van der Waals surface area (Å²) in [6, 6.07) is 7.03. The van der Waals surface area contributed by atoms with Crippen LogP contribution in [0.2, 0.25) is 0 Å². The van der Waals surface area contributed by atoms with E-state index in [2.05, 4.69) is 32.6 Å². The molecular formula is C10H13IN2O3S. The van der Waals surface area contributed by atoms with Gasteiger partial charge in [0.1, 0.15) is 0 Å². The van der Waals surface area contributed by atoms with Gasteiger partial charge in [0.15, 0.2) is 0 Å². The van der Waals surface area contributed by atoms with Gasteiger partial charge in [0.05, 0.1) is 5.75 Å². The topological polar surface area (TPSA) is 75.3 Å². The number of benzene rings is 1. The number of sulfonamides is 1. The van der Waals surface area contributed by atoms with Gasteiger partial charge in [-0.25, -0.2) is 13.1 Å². The molecule has 5 nitrogen and oxygen atoms in total. The molecule has 0 aliphatic heterocycles. The van der Waals surface area contributed by atoms with Crippen molar-refractivity contribution in [3.8, 4) is 0 Å². The molecule has 1 aromatic rings. The van der Waals surface area contributed by atoms with Crippen LogP contribution in [-0.4, -0.2) is 33.7 Å². The Hall–Kier alpha value is -0.670. The molecule has 7 heteroatoms. The monoisotopic (exact) mass is 368 g/mol. The van der Waals surface area contributed by atoms with Crippen molar-refractivity contribution in [2.75, 3.05) is 19.3 Å². The lowest BCUT2D eigenvalue weighted by Crippen LogP contribution is -2.32. The highest BCUT2D eigenvalue weighted by Crippen LogP contribution is 2.06. The van der Waals surface area contributed by atoms with Crippen LogP contribution in [0.25, 0.3) is 0 Å². The maximum atomic E-state index is 11.6. The lowest BCUT2D eigenvalue weighted by Gasteiger charge is -2.05. The molecule has 17 heavy (non-hydrogen) atoms. The van der Waals surface area contributed by atoms with E-state index in [1.165, 1.54) is 7.05 Å². The third kappa shape index (κ3) is 5.00. The number of carbonyl (C=O) groups is 1. The van der Waals surface area contributed by atoms with Gasteiger partial charge in [0.2, 0.25) is 10.0 Å². The van der Waals surface area contributed by atoms with Gasteiger partial charge in [-0.15, -0.1) is 0 Å². The first kappa shape index (κ1) is 14.4. The van der Waals surface area contributed by atoms with Crippen LogP contribution in [0.3, 0.4) is 0 Å². The summed E-state index contributed by atoms with van der Waals surface area (Å²) in [6.07, 6.45) is 0. The second kappa shape index (κ2) is 6.31. The lowest BCUT2D eigenvalue weighted by atomic mass is 10.2. The van der Waals surface area contributed by atoms with Crippen molar-refractivity contribution >= 4 is 38.5 Å². The standard InChI is InChI=1S/C10H13IN2O3S/c1-12-17(15,16)7-6-13-10(14)8-2-4-9(11)5-3-8/h2-5,12H,6-7H2,1H3,(H,13,14). The molecule has 0 heterocycles. The molecule has 0 spiro atoms. The Bertz CT molecular complexity index is 485. The highest BCUT2D eigenvalue weighted by atomic mass is 127. The second-order valence-corrected chi connectivity index (χ2v) is 6.58. The van der Waals surface area contributed by atoms with Gasteiger partial charge in [-0.2, -0.15) is 0 Å². The van der Waals surface area contributed by atoms with Crippen LogP contribution in [0, 0.1) is 3.57 Å². The van der Waals surface area contributed by atoms with E-state index in [-0.39, 0.29) is 18.2 Å². The highest BCUT2D eigenvalue weighted by Gasteiger charge is 2.09. The minimum Gasteiger partial charge on any atom is -0.351 e. The summed E-state index contributed by atoms with van der Waals surface area (Å²) in [5.41, 5.74) is 0.521. The van der Waals surface area contributed by atoms with E-state index in [4.69, 9.17) is 0 Å². The molecule has 0 unspecified atom stereocenters. The zero-order valence-corrected chi connectivity index (χ0v) is 12.2. The van der Waals surface area contributed by atoms with Crippen molar-refractivity contribution in [3.05, 3.63) is 33.4 Å². The van der Waals surface area contributed by atoms with Crippen molar-refractivity contribution in [1.82, 2.24) is 10.0 Å². The third-order valence-electron chi connectivity index (χ3n) is 2.07. The van der Waals surface area contributed by atoms with E-state index < -0.39 is 10.0 Å². The van der Waals surface area contributed by atoms with Crippen LogP contribution < -0.4 is 10.0 Å². The number of amides is 1. The Morgan fingerprint density at radius 3 is 2.41 bits per heavy atom. The summed E-state index contributed by atoms with van der Waals surface area (Å²) in [5, 5.41) is 2.55. The molecule has 1 amide bonds. The zero-order valence-electron chi connectivity index (χ0n) is 9.23. The number of carbonyl (C=O) groups excluding carboxylic acids is 1. The minimum absolute atomic E-state index is 0.0913. The molecule has 0 aliphatic rings. The number of nitrogens with one attached hydrogen (secondary N) is 2. The van der Waals surface area contributed by atoms with E-state index in [9.17, 15) is 13.2 Å². The molecule has 1 aromatic carbocycles. The SMILES string of the molecule is CNS(=O)(=O)CCNC(=O)c1ccc(I)cc1. The first-order valence-corrected chi connectivity index (χ1v) is 7.63. The predicted molar refractivity (Wildman–Crippen MR) is 74.3 cm³/mol. The maximum absolute atomic E-state index is 11.6. The molecule has 0 aromatic heterocycles. The second-order valence-electron chi connectivity index (χ2n) is 3.29. The summed E-state index contributed by atoms with van der Waals surface area (Å²) in [4.78, 5) is 11.6. The zero-order chi connectivity index (χ0) is 12.9. The quantitative estimate of drug-likeness (QED) is 0.747. The lowest BCUT2D eigenvalue weighted by molar-refractivity contribution is 0.0956. The van der Waals surface area contributed by atoms with Crippen molar-refractivity contribution in [2.24, 2.45) is 0 Å². The molecule has 0 atom stereocenters. The molecule has 94 valence electrons. The van der Waals surface area contributed by atoms with Gasteiger partial charge >= 0.3 is 0 Å². The number of hydrogen-bond acceptors (Lipinski definition) is 3. The van der Waals surface area contributed by atoms with Crippen molar-refractivity contribution < 1.29 is 13.2 Å². The fourth-order valence-electron chi connectivity index (χ4n) is 1.10. The molecular weight excluding hydrogens is 355 g/mol. The van der Waals surface area contributed by atoms with E-state index in [0.717, 1.165) is 3.57 Å². The van der Waals surface area contributed by atoms with E-state index in [1.54, 1.807) is 12.1 Å². The average molecular weight is 368 g/mol. The van der Waals surface area contributed by atoms with Crippen LogP contribution in [0.5, 0.6) is 0 Å². The summed E-state index contributed by atoms with van der Waals surface area (Å²) in [7, 11) is -1.93. The van der Waals surface area contributed by atoms with Crippen LogP contribution in [-0.2, 0) is 10.0 Å². The Morgan fingerprint density at radius 2 is 1.88 bits per heavy atom. The van der Waals surface area contributed by atoms with E-state index in [0.29, 0.717) is 5.56 Å². The van der Waals surface area contributed by atoms with Crippen LogP contribution in [0.4, 0.5) is 0 Å². The van der Waals surface area contributed by atoms with Gasteiger partial charge in [0.25, 0.3) is 5.91 Å². The Kier molecular flexibility index (Phi) is 5.34. The van der Waals surface area contributed by atoms with Gasteiger partial charge in [-0.05, 0) is 53.9 Å². The van der Waals surface area contributed by atoms with Crippen molar-refractivity contribution in [1.29, 1.82) is 0 Å². The van der Waals surface area contributed by atoms with Crippen LogP contribution in [0.15, 0.2) is 24.3 Å². The number of hydrogen-bond donors (Lipinski definition) is 2. The molecule has 0 aliphatic carbocycles. The Labute approximate surface area is 114 Å². The summed E-state index contributed by atoms with van der Waals surface area (Å²) in [6.45, 7) is 0.0913. The largest absolute Gasteiger partial charge is 0.351 e. The molecule has 0 saturated carbocycles. The molecule has 2 N–H and O–H groups in total. The molecule has 0 radical (unpaired) electrons. The fraction of sp³-hybridized carbons (Fsp3) is 0.300. The van der Waals surface area contributed by atoms with Gasteiger partial charge in [0, 0.05) is 15.7 Å². The summed E-state index contributed by atoms with van der Waals surface area (Å²) in [5.74, 6) is -0.396. The van der Waals surface area contributed by atoms with Crippen LogP contribution >= 0.6 is 22.6 Å². The first-order valence-electron chi connectivity index (χ1n) is 4.89. The molecule has 0 saturated heterocycles. The normalized spacial score (nSPS) is 11.2. The number of halogens is 1.